The summed E-state index contributed by atoms with van der Waals surface area (Å²) in [5.41, 5.74) is -0.293. The lowest BCUT2D eigenvalue weighted by Crippen LogP contribution is -2.37. The molecule has 3 nitrogen and oxygen atoms in total. The lowest BCUT2D eigenvalue weighted by molar-refractivity contribution is -0.139. The highest BCUT2D eigenvalue weighted by Gasteiger charge is 2.29. The number of halogens is 3. The van der Waals surface area contributed by atoms with Gasteiger partial charge in [0.25, 0.3) is 11.8 Å². The number of nitrogens with zero attached hydrogens (tertiary/aromatic N) is 1. The van der Waals surface area contributed by atoms with E-state index in [2.05, 4.69) is 0 Å². The first kappa shape index (κ1) is 15.0. The van der Waals surface area contributed by atoms with Crippen molar-refractivity contribution >= 4 is 17.9 Å². The van der Waals surface area contributed by atoms with Crippen LogP contribution in [0.5, 0.6) is 0 Å². The highest BCUT2D eigenvalue weighted by Crippen LogP contribution is 2.29. The summed E-state index contributed by atoms with van der Waals surface area (Å²) in [5, 5.41) is 0. The van der Waals surface area contributed by atoms with Crippen molar-refractivity contribution in [1.29, 1.82) is 0 Å². The Balaban J connectivity index is 2.05. The third kappa shape index (κ3) is 3.81. The Morgan fingerprint density at radius 2 is 1.86 bits per heavy atom. The van der Waals surface area contributed by atoms with Gasteiger partial charge in [0.1, 0.15) is 0 Å². The molecular formula is C15H12F3NO2. The molecule has 110 valence electrons. The second-order valence-corrected chi connectivity index (χ2v) is 4.47. The van der Waals surface area contributed by atoms with Gasteiger partial charge in [0.2, 0.25) is 0 Å². The lowest BCUT2D eigenvalue weighted by atomic mass is 10.1. The van der Waals surface area contributed by atoms with Gasteiger partial charge >= 0.3 is 6.18 Å². The highest BCUT2D eigenvalue weighted by molar-refractivity contribution is 6.06. The molecule has 0 atom stereocenters. The Kier molecular flexibility index (Phi) is 4.26. The first-order valence-electron chi connectivity index (χ1n) is 6.25. The van der Waals surface area contributed by atoms with Crippen LogP contribution in [0.3, 0.4) is 0 Å². The van der Waals surface area contributed by atoms with Crippen LogP contribution in [0.2, 0.25) is 0 Å². The van der Waals surface area contributed by atoms with Crippen molar-refractivity contribution < 1.29 is 22.8 Å². The van der Waals surface area contributed by atoms with Crippen LogP contribution in [0.15, 0.2) is 42.5 Å². The van der Waals surface area contributed by atoms with E-state index in [9.17, 15) is 22.8 Å². The molecule has 0 spiro atoms. The van der Waals surface area contributed by atoms with Crippen LogP contribution in [0.1, 0.15) is 17.5 Å². The van der Waals surface area contributed by atoms with Crippen molar-refractivity contribution in [3.63, 3.8) is 0 Å². The van der Waals surface area contributed by atoms with Gasteiger partial charge in [0.05, 0.1) is 5.56 Å². The van der Waals surface area contributed by atoms with Crippen LogP contribution < -0.4 is 0 Å². The molecule has 0 aliphatic carbocycles. The maximum absolute atomic E-state index is 12.4. The topological polar surface area (TPSA) is 37.4 Å². The third-order valence-corrected chi connectivity index (χ3v) is 2.97. The molecule has 0 N–H and O–H groups in total. The van der Waals surface area contributed by atoms with Gasteiger partial charge in [-0.05, 0) is 36.3 Å². The van der Waals surface area contributed by atoms with Gasteiger partial charge in [-0.2, -0.15) is 13.2 Å². The molecule has 2 rings (SSSR count). The van der Waals surface area contributed by atoms with E-state index in [1.165, 1.54) is 30.4 Å². The normalized spacial score (nSPS) is 15.8. The number of carbonyl (C=O) groups excluding carboxylic acids is 2. The van der Waals surface area contributed by atoms with E-state index in [4.69, 9.17) is 0 Å². The summed E-state index contributed by atoms with van der Waals surface area (Å²) in [6.45, 7) is 0.311. The molecule has 0 saturated carbocycles. The number of imide groups is 1. The maximum Gasteiger partial charge on any atom is 0.416 e. The molecular weight excluding hydrogens is 283 g/mol. The summed E-state index contributed by atoms with van der Waals surface area (Å²) in [5.74, 6) is -0.868. The summed E-state index contributed by atoms with van der Waals surface area (Å²) in [6, 6.07) is 4.42. The number of hydrogen-bond donors (Lipinski definition) is 0. The monoisotopic (exact) mass is 295 g/mol. The first-order chi connectivity index (χ1) is 9.88. The summed E-state index contributed by atoms with van der Waals surface area (Å²) >= 11 is 0. The Morgan fingerprint density at radius 3 is 2.43 bits per heavy atom. The fourth-order valence-corrected chi connectivity index (χ4v) is 1.85. The van der Waals surface area contributed by atoms with Gasteiger partial charge in [-0.25, -0.2) is 0 Å². The minimum absolute atomic E-state index is 0.311. The number of hydrogen-bond acceptors (Lipinski definition) is 2. The number of rotatable bonds is 2. The van der Waals surface area contributed by atoms with Crippen molar-refractivity contribution in [2.45, 2.75) is 12.6 Å². The van der Waals surface area contributed by atoms with Crippen LogP contribution in [-0.2, 0) is 15.8 Å². The Morgan fingerprint density at radius 1 is 1.19 bits per heavy atom. The average Bonchev–Trinajstić information content (AvgIpc) is 2.45. The largest absolute Gasteiger partial charge is 0.416 e. The van der Waals surface area contributed by atoms with E-state index in [-0.39, 0.29) is 5.91 Å². The van der Waals surface area contributed by atoms with E-state index < -0.39 is 17.6 Å². The smallest absolute Gasteiger partial charge is 0.275 e. The highest BCUT2D eigenvalue weighted by atomic mass is 19.4. The Labute approximate surface area is 119 Å². The van der Waals surface area contributed by atoms with Crippen molar-refractivity contribution in [2.75, 3.05) is 6.54 Å². The van der Waals surface area contributed by atoms with Crippen LogP contribution >= 0.6 is 0 Å². The summed E-state index contributed by atoms with van der Waals surface area (Å²) in [4.78, 5) is 24.4. The predicted molar refractivity (Wildman–Crippen MR) is 71.0 cm³/mol. The molecule has 1 heterocycles. The van der Waals surface area contributed by atoms with E-state index >= 15 is 0 Å². The van der Waals surface area contributed by atoms with Crippen molar-refractivity contribution in [2.24, 2.45) is 0 Å². The average molecular weight is 295 g/mol. The molecule has 1 aromatic carbocycles. The standard InChI is InChI=1S/C15H12F3NO2/c16-15(17,18)12-7-4-11(5-8-12)6-9-14(21)19-10-2-1-3-13(19)20/h1,3-9H,2,10H2/b9-6+. The molecule has 0 radical (unpaired) electrons. The first-order valence-corrected chi connectivity index (χ1v) is 6.25. The lowest BCUT2D eigenvalue weighted by Gasteiger charge is -2.19. The van der Waals surface area contributed by atoms with Gasteiger partial charge < -0.3 is 0 Å². The molecule has 21 heavy (non-hydrogen) atoms. The molecule has 2 amide bonds. The Hall–Kier alpha value is -2.37. The van der Waals surface area contributed by atoms with E-state index in [1.54, 1.807) is 6.08 Å². The molecule has 0 aromatic heterocycles. The zero-order valence-electron chi connectivity index (χ0n) is 10.9. The minimum Gasteiger partial charge on any atom is -0.275 e. The second kappa shape index (κ2) is 5.95. The third-order valence-electron chi connectivity index (χ3n) is 2.97. The fraction of sp³-hybridized carbons (Fsp3) is 0.200. The van der Waals surface area contributed by atoms with Crippen molar-refractivity contribution in [3.8, 4) is 0 Å². The van der Waals surface area contributed by atoms with Crippen molar-refractivity contribution in [3.05, 3.63) is 53.6 Å². The van der Waals surface area contributed by atoms with E-state index in [0.717, 1.165) is 17.0 Å². The molecule has 1 aromatic rings. The van der Waals surface area contributed by atoms with Crippen molar-refractivity contribution in [1.82, 2.24) is 4.90 Å². The van der Waals surface area contributed by atoms with Crippen LogP contribution in [0.25, 0.3) is 6.08 Å². The van der Waals surface area contributed by atoms with E-state index in [1.807, 2.05) is 0 Å². The van der Waals surface area contributed by atoms with Crippen LogP contribution in [0.4, 0.5) is 13.2 Å². The summed E-state index contributed by atoms with van der Waals surface area (Å²) < 4.78 is 37.2. The minimum atomic E-state index is -4.38. The number of alkyl halides is 3. The zero-order valence-corrected chi connectivity index (χ0v) is 10.9. The zero-order chi connectivity index (χ0) is 15.5. The number of amides is 2. The number of carbonyl (C=O) groups is 2. The van der Waals surface area contributed by atoms with Crippen LogP contribution in [0, 0.1) is 0 Å². The quantitative estimate of drug-likeness (QED) is 0.786. The SMILES string of the molecule is O=C1C=CCCN1C(=O)/C=C/c1ccc(C(F)(F)F)cc1. The predicted octanol–water partition coefficient (Wildman–Crippen LogP) is 3.03. The van der Waals surface area contributed by atoms with Crippen LogP contribution in [-0.4, -0.2) is 23.3 Å². The van der Waals surface area contributed by atoms with Gasteiger partial charge in [-0.1, -0.05) is 18.2 Å². The fourth-order valence-electron chi connectivity index (χ4n) is 1.85. The van der Waals surface area contributed by atoms with Gasteiger partial charge in [-0.3, -0.25) is 14.5 Å². The Bertz CT molecular complexity index is 600. The maximum atomic E-state index is 12.4. The number of benzene rings is 1. The molecule has 1 aliphatic heterocycles. The van der Waals surface area contributed by atoms with Gasteiger partial charge in [0.15, 0.2) is 0 Å². The molecule has 0 unspecified atom stereocenters. The van der Waals surface area contributed by atoms with Gasteiger partial charge in [-0.15, -0.1) is 0 Å². The molecule has 1 aliphatic rings. The summed E-state index contributed by atoms with van der Waals surface area (Å²) in [6.07, 6.45) is 1.79. The molecule has 0 saturated heterocycles. The molecule has 0 bridgehead atoms. The van der Waals surface area contributed by atoms with E-state index in [0.29, 0.717) is 18.5 Å². The molecule has 0 fully saturated rings. The van der Waals surface area contributed by atoms with Gasteiger partial charge in [0, 0.05) is 12.6 Å². The second-order valence-electron chi connectivity index (χ2n) is 4.47. The summed E-state index contributed by atoms with van der Waals surface area (Å²) in [7, 11) is 0. The molecule has 6 heteroatoms.